The maximum Gasteiger partial charge on any atom is 0.258 e. The van der Waals surface area contributed by atoms with Crippen molar-refractivity contribution >= 4 is 55.1 Å². The number of carbonyl (C=O) groups excluding carboxylic acids is 1. The Balaban J connectivity index is 2.28. The summed E-state index contributed by atoms with van der Waals surface area (Å²) in [5.41, 5.74) is 0.532. The number of hydrogen-bond acceptors (Lipinski definition) is 2. The number of carbonyl (C=O) groups is 1. The molecule has 98 valence electrons. The predicted molar refractivity (Wildman–Crippen MR) is 79.0 cm³/mol. The van der Waals surface area contributed by atoms with E-state index in [1.165, 1.54) is 0 Å². The number of pyridine rings is 1. The highest BCUT2D eigenvalue weighted by Gasteiger charge is 2.14. The highest BCUT2D eigenvalue weighted by atomic mass is 79.9. The molecule has 0 aliphatic heterocycles. The molecule has 2 rings (SSSR count). The van der Waals surface area contributed by atoms with Crippen molar-refractivity contribution in [1.29, 1.82) is 0 Å². The van der Waals surface area contributed by atoms with Gasteiger partial charge in [-0.15, -0.1) is 0 Å². The van der Waals surface area contributed by atoms with Crippen LogP contribution >= 0.6 is 43.5 Å². The first-order valence-electron chi connectivity index (χ1n) is 5.05. The first-order valence-corrected chi connectivity index (χ1v) is 7.01. The molecule has 0 saturated heterocycles. The van der Waals surface area contributed by atoms with E-state index in [0.717, 1.165) is 16.7 Å². The van der Waals surface area contributed by atoms with Crippen molar-refractivity contribution in [2.24, 2.45) is 0 Å². The minimum atomic E-state index is -0.621. The molecule has 7 heteroatoms. The lowest BCUT2D eigenvalue weighted by Crippen LogP contribution is -2.13. The molecule has 0 atom stereocenters. The fraction of sp³-hybridized carbons (Fsp3) is 0. The summed E-state index contributed by atoms with van der Waals surface area (Å²) in [4.78, 5) is 15.6. The molecule has 19 heavy (non-hydrogen) atoms. The van der Waals surface area contributed by atoms with Crippen molar-refractivity contribution in [2.75, 3.05) is 5.32 Å². The average molecular weight is 408 g/mol. The van der Waals surface area contributed by atoms with Gasteiger partial charge in [0.25, 0.3) is 5.91 Å². The second-order valence-corrected chi connectivity index (χ2v) is 5.70. The van der Waals surface area contributed by atoms with Crippen LogP contribution in [0.5, 0.6) is 0 Å². The van der Waals surface area contributed by atoms with Gasteiger partial charge in [0.05, 0.1) is 17.4 Å². The average Bonchev–Trinajstić information content (AvgIpc) is 2.35. The van der Waals surface area contributed by atoms with Gasteiger partial charge in [-0.25, -0.2) is 9.37 Å². The normalized spacial score (nSPS) is 10.3. The Labute approximate surface area is 130 Å². The van der Waals surface area contributed by atoms with Crippen molar-refractivity contribution in [2.45, 2.75) is 0 Å². The summed E-state index contributed by atoms with van der Waals surface area (Å²) < 4.78 is 14.6. The molecule has 0 unspecified atom stereocenters. The first-order chi connectivity index (χ1) is 8.97. The van der Waals surface area contributed by atoms with E-state index in [1.807, 2.05) is 0 Å². The Hall–Kier alpha value is -0.980. The van der Waals surface area contributed by atoms with E-state index in [4.69, 9.17) is 11.6 Å². The fourth-order valence-corrected chi connectivity index (χ4v) is 2.70. The van der Waals surface area contributed by atoms with Crippen LogP contribution in [0, 0.1) is 5.82 Å². The lowest BCUT2D eigenvalue weighted by Gasteiger charge is -2.08. The second-order valence-electron chi connectivity index (χ2n) is 3.57. The Morgan fingerprint density at radius 1 is 1.32 bits per heavy atom. The molecule has 1 aromatic heterocycles. The van der Waals surface area contributed by atoms with E-state index in [9.17, 15) is 9.18 Å². The largest absolute Gasteiger partial charge is 0.321 e. The van der Waals surface area contributed by atoms with Crippen LogP contribution in [-0.4, -0.2) is 10.9 Å². The van der Waals surface area contributed by atoms with Gasteiger partial charge in [-0.05, 0) is 40.2 Å². The smallest absolute Gasteiger partial charge is 0.258 e. The number of nitrogens with one attached hydrogen (secondary N) is 1. The van der Waals surface area contributed by atoms with Gasteiger partial charge < -0.3 is 5.32 Å². The lowest BCUT2D eigenvalue weighted by atomic mass is 10.2. The van der Waals surface area contributed by atoms with Crippen LogP contribution in [0.15, 0.2) is 39.4 Å². The van der Waals surface area contributed by atoms with E-state index in [0.29, 0.717) is 10.2 Å². The summed E-state index contributed by atoms with van der Waals surface area (Å²) in [5.74, 6) is -1.15. The quantitative estimate of drug-likeness (QED) is 0.735. The first kappa shape index (κ1) is 14.4. The molecule has 1 N–H and O–H groups in total. The van der Waals surface area contributed by atoms with Crippen LogP contribution < -0.4 is 5.32 Å². The van der Waals surface area contributed by atoms with Crippen molar-refractivity contribution in [3.63, 3.8) is 0 Å². The van der Waals surface area contributed by atoms with Crippen LogP contribution in [0.4, 0.5) is 10.1 Å². The van der Waals surface area contributed by atoms with Crippen LogP contribution in [0.2, 0.25) is 5.15 Å². The van der Waals surface area contributed by atoms with E-state index < -0.39 is 11.7 Å². The van der Waals surface area contributed by atoms with Crippen molar-refractivity contribution in [3.05, 3.63) is 55.9 Å². The lowest BCUT2D eigenvalue weighted by molar-refractivity contribution is 0.102. The van der Waals surface area contributed by atoms with Gasteiger partial charge in [-0.1, -0.05) is 27.5 Å². The van der Waals surface area contributed by atoms with E-state index in [-0.39, 0.29) is 10.7 Å². The SMILES string of the molecule is O=C(Nc1ccc(Br)cc1Br)c1cc(F)cnc1Cl. The Bertz CT molecular complexity index is 652. The maximum atomic E-state index is 13.1. The topological polar surface area (TPSA) is 42.0 Å². The number of nitrogens with zero attached hydrogens (tertiary/aromatic N) is 1. The zero-order chi connectivity index (χ0) is 14.0. The molecule has 0 spiro atoms. The fourth-order valence-electron chi connectivity index (χ4n) is 1.36. The molecular formula is C12H6Br2ClFN2O. The minimum Gasteiger partial charge on any atom is -0.321 e. The molecule has 1 heterocycles. The summed E-state index contributed by atoms with van der Waals surface area (Å²) >= 11 is 12.4. The van der Waals surface area contributed by atoms with Gasteiger partial charge in [0.2, 0.25) is 0 Å². The standard InChI is InChI=1S/C12H6Br2ClFN2O/c13-6-1-2-10(9(14)3-6)18-12(19)8-4-7(16)5-17-11(8)15/h1-5H,(H,18,19). The number of aromatic nitrogens is 1. The molecule has 0 bridgehead atoms. The Morgan fingerprint density at radius 3 is 2.74 bits per heavy atom. The van der Waals surface area contributed by atoms with Gasteiger partial charge in [0.1, 0.15) is 11.0 Å². The molecular weight excluding hydrogens is 402 g/mol. The number of hydrogen-bond donors (Lipinski definition) is 1. The number of amides is 1. The predicted octanol–water partition coefficient (Wildman–Crippen LogP) is 4.65. The van der Waals surface area contributed by atoms with Gasteiger partial charge in [-0.2, -0.15) is 0 Å². The van der Waals surface area contributed by atoms with Crippen LogP contribution in [-0.2, 0) is 0 Å². The third-order valence-electron chi connectivity index (χ3n) is 2.23. The summed E-state index contributed by atoms with van der Waals surface area (Å²) in [7, 11) is 0. The number of rotatable bonds is 2. The highest BCUT2D eigenvalue weighted by Crippen LogP contribution is 2.27. The Morgan fingerprint density at radius 2 is 2.05 bits per heavy atom. The molecule has 0 saturated carbocycles. The summed E-state index contributed by atoms with van der Waals surface area (Å²) in [6.45, 7) is 0. The summed E-state index contributed by atoms with van der Waals surface area (Å²) in [6.07, 6.45) is 0.953. The van der Waals surface area contributed by atoms with Gasteiger partial charge in [0.15, 0.2) is 0 Å². The highest BCUT2D eigenvalue weighted by molar-refractivity contribution is 9.11. The second kappa shape index (κ2) is 5.98. The monoisotopic (exact) mass is 406 g/mol. The molecule has 1 amide bonds. The Kier molecular flexibility index (Phi) is 4.54. The van der Waals surface area contributed by atoms with Crippen molar-refractivity contribution in [3.8, 4) is 0 Å². The van der Waals surface area contributed by atoms with Crippen molar-refractivity contribution < 1.29 is 9.18 Å². The molecule has 1 aromatic carbocycles. The number of anilines is 1. The van der Waals surface area contributed by atoms with E-state index in [2.05, 4.69) is 42.2 Å². The van der Waals surface area contributed by atoms with Crippen LogP contribution in [0.3, 0.4) is 0 Å². The third-order valence-corrected chi connectivity index (χ3v) is 3.68. The maximum absolute atomic E-state index is 13.1. The molecule has 2 aromatic rings. The summed E-state index contributed by atoms with van der Waals surface area (Å²) in [5, 5.41) is 2.58. The molecule has 0 aliphatic rings. The van der Waals surface area contributed by atoms with E-state index in [1.54, 1.807) is 18.2 Å². The number of halogens is 4. The van der Waals surface area contributed by atoms with Gasteiger partial charge in [-0.3, -0.25) is 4.79 Å². The van der Waals surface area contributed by atoms with Crippen LogP contribution in [0.25, 0.3) is 0 Å². The molecule has 0 aliphatic carbocycles. The van der Waals surface area contributed by atoms with Gasteiger partial charge >= 0.3 is 0 Å². The van der Waals surface area contributed by atoms with Gasteiger partial charge in [0, 0.05) is 8.95 Å². The minimum absolute atomic E-state index is 0.0171. The zero-order valence-electron chi connectivity index (χ0n) is 9.25. The third kappa shape index (κ3) is 3.52. The van der Waals surface area contributed by atoms with Crippen LogP contribution in [0.1, 0.15) is 10.4 Å². The summed E-state index contributed by atoms with van der Waals surface area (Å²) in [6, 6.07) is 6.29. The number of benzene rings is 1. The zero-order valence-corrected chi connectivity index (χ0v) is 13.2. The molecule has 0 fully saturated rings. The van der Waals surface area contributed by atoms with Crippen molar-refractivity contribution in [1.82, 2.24) is 4.98 Å². The molecule has 3 nitrogen and oxygen atoms in total. The molecule has 0 radical (unpaired) electrons. The van der Waals surface area contributed by atoms with E-state index >= 15 is 0 Å².